The number of carboxylic acid groups (broad SMARTS) is 1. The number of carboxylic acids is 1. The molecule has 10 heteroatoms. The third-order valence-corrected chi connectivity index (χ3v) is 7.75. The average molecular weight is 596 g/mol. The molecular formula is C34H41N7O3. The van der Waals surface area contributed by atoms with Crippen LogP contribution >= 0.6 is 0 Å². The highest BCUT2D eigenvalue weighted by Crippen LogP contribution is 2.21. The Balaban J connectivity index is 1.15. The first-order chi connectivity index (χ1) is 21.5. The fourth-order valence-corrected chi connectivity index (χ4v) is 5.23. The Labute approximate surface area is 259 Å². The van der Waals surface area contributed by atoms with E-state index < -0.39 is 12.0 Å². The molecule has 4 heterocycles. The Morgan fingerprint density at radius 2 is 1.89 bits per heavy atom. The number of aromatic nitrogens is 4. The Morgan fingerprint density at radius 1 is 1.00 bits per heavy atom. The molecule has 1 atom stereocenters. The first-order valence-electron chi connectivity index (χ1n) is 15.4. The van der Waals surface area contributed by atoms with Gasteiger partial charge in [-0.05, 0) is 75.8 Å². The van der Waals surface area contributed by atoms with Crippen molar-refractivity contribution in [2.75, 3.05) is 43.4 Å². The number of benzene rings is 1. The van der Waals surface area contributed by atoms with Gasteiger partial charge in [-0.1, -0.05) is 36.4 Å². The van der Waals surface area contributed by atoms with E-state index in [-0.39, 0.29) is 0 Å². The molecule has 3 aromatic heterocycles. The number of aryl methyl sites for hydroxylation is 3. The Bertz CT molecular complexity index is 1470. The van der Waals surface area contributed by atoms with Gasteiger partial charge in [-0.15, -0.1) is 0 Å². The molecule has 44 heavy (non-hydrogen) atoms. The predicted molar refractivity (Wildman–Crippen MR) is 172 cm³/mol. The molecule has 5 rings (SSSR count). The van der Waals surface area contributed by atoms with E-state index in [1.807, 2.05) is 49.4 Å². The summed E-state index contributed by atoms with van der Waals surface area (Å²) < 4.78 is 5.95. The number of carbonyl (C=O) groups is 1. The van der Waals surface area contributed by atoms with Gasteiger partial charge in [-0.3, -0.25) is 14.9 Å². The van der Waals surface area contributed by atoms with E-state index in [2.05, 4.69) is 42.6 Å². The minimum Gasteiger partial charge on any atom is -0.491 e. The number of unbranched alkanes of at least 4 members (excludes halogenated alkanes) is 1. The Morgan fingerprint density at radius 3 is 2.66 bits per heavy atom. The van der Waals surface area contributed by atoms with Gasteiger partial charge in [0, 0.05) is 36.6 Å². The van der Waals surface area contributed by atoms with Gasteiger partial charge in [0.05, 0.1) is 24.3 Å². The van der Waals surface area contributed by atoms with Gasteiger partial charge in [-0.25, -0.2) is 14.8 Å². The molecular weight excluding hydrogens is 554 g/mol. The fraction of sp³-hybridized carbons (Fsp3) is 0.382. The number of nitrogens with zero attached hydrogens (tertiary/aromatic N) is 5. The van der Waals surface area contributed by atoms with Crippen LogP contribution in [0.2, 0.25) is 0 Å². The molecule has 4 aromatic rings. The highest BCUT2D eigenvalue weighted by atomic mass is 16.5. The van der Waals surface area contributed by atoms with Gasteiger partial charge in [0.25, 0.3) is 0 Å². The highest BCUT2D eigenvalue weighted by molar-refractivity contribution is 5.76. The van der Waals surface area contributed by atoms with E-state index in [0.29, 0.717) is 31.9 Å². The van der Waals surface area contributed by atoms with Crippen LogP contribution in [-0.4, -0.2) is 74.7 Å². The SMILES string of the molecule is Cc1ccc(OCCN(CCCCc2ccc3c(n2)NCCC3)CCC(Nc2cnc(-c3ccccc3)cn2)C(=O)O)cn1. The molecule has 0 bridgehead atoms. The second-order valence-corrected chi connectivity index (χ2v) is 11.1. The zero-order valence-electron chi connectivity index (χ0n) is 25.3. The standard InChI is InChI=1S/C34H41N7O3/c1-25-12-15-29(22-36-25)44-21-20-41(18-6-5-11-28-14-13-27-10-7-17-35-33(27)39-28)19-16-30(34(42)43)40-32-24-37-31(23-38-32)26-8-3-2-4-9-26/h2-4,8-9,12-15,22-24,30H,5-7,10-11,16-21H2,1H3,(H,35,39)(H,38,40)(H,42,43). The summed E-state index contributed by atoms with van der Waals surface area (Å²) >= 11 is 0. The molecule has 0 amide bonds. The molecule has 0 radical (unpaired) electrons. The van der Waals surface area contributed by atoms with Crippen molar-refractivity contribution in [3.63, 3.8) is 0 Å². The van der Waals surface area contributed by atoms with Crippen LogP contribution < -0.4 is 15.4 Å². The van der Waals surface area contributed by atoms with Crippen molar-refractivity contribution >= 4 is 17.6 Å². The number of anilines is 2. The number of pyridine rings is 2. The van der Waals surface area contributed by atoms with Crippen LogP contribution in [0.3, 0.4) is 0 Å². The highest BCUT2D eigenvalue weighted by Gasteiger charge is 2.20. The van der Waals surface area contributed by atoms with Crippen LogP contribution in [0.4, 0.5) is 11.6 Å². The summed E-state index contributed by atoms with van der Waals surface area (Å²) in [6, 6.07) is 17.2. The monoisotopic (exact) mass is 595 g/mol. The molecule has 0 aliphatic carbocycles. The number of ether oxygens (including phenoxy) is 1. The number of rotatable bonds is 16. The fourth-order valence-electron chi connectivity index (χ4n) is 5.23. The molecule has 10 nitrogen and oxygen atoms in total. The largest absolute Gasteiger partial charge is 0.491 e. The maximum absolute atomic E-state index is 12.2. The van der Waals surface area contributed by atoms with Gasteiger partial charge in [0.1, 0.15) is 30.0 Å². The lowest BCUT2D eigenvalue weighted by molar-refractivity contribution is -0.138. The lowest BCUT2D eigenvalue weighted by Crippen LogP contribution is -2.37. The van der Waals surface area contributed by atoms with Crippen LogP contribution in [0.5, 0.6) is 5.75 Å². The molecule has 0 spiro atoms. The van der Waals surface area contributed by atoms with Gasteiger partial charge < -0.3 is 20.5 Å². The zero-order chi connectivity index (χ0) is 30.6. The van der Waals surface area contributed by atoms with E-state index >= 15 is 0 Å². The van der Waals surface area contributed by atoms with Gasteiger partial charge in [-0.2, -0.15) is 0 Å². The first kappa shape index (κ1) is 30.9. The van der Waals surface area contributed by atoms with Crippen molar-refractivity contribution in [2.24, 2.45) is 0 Å². The Hall–Kier alpha value is -4.57. The topological polar surface area (TPSA) is 125 Å². The maximum Gasteiger partial charge on any atom is 0.326 e. The first-order valence-corrected chi connectivity index (χ1v) is 15.4. The van der Waals surface area contributed by atoms with Crippen molar-refractivity contribution in [3.8, 4) is 17.0 Å². The quantitative estimate of drug-likeness (QED) is 0.148. The van der Waals surface area contributed by atoms with Crippen molar-refractivity contribution in [3.05, 3.63) is 90.1 Å². The lowest BCUT2D eigenvalue weighted by atomic mass is 10.1. The van der Waals surface area contributed by atoms with E-state index in [1.54, 1.807) is 18.6 Å². The summed E-state index contributed by atoms with van der Waals surface area (Å²) in [7, 11) is 0. The lowest BCUT2D eigenvalue weighted by Gasteiger charge is -2.24. The average Bonchev–Trinajstić information content (AvgIpc) is 3.06. The number of fused-ring (bicyclic) bond motifs is 1. The summed E-state index contributed by atoms with van der Waals surface area (Å²) in [5, 5.41) is 16.5. The molecule has 1 aliphatic rings. The molecule has 3 N–H and O–H groups in total. The maximum atomic E-state index is 12.2. The molecule has 1 aliphatic heterocycles. The minimum atomic E-state index is -0.923. The number of aliphatic carboxylic acids is 1. The van der Waals surface area contributed by atoms with E-state index in [4.69, 9.17) is 9.72 Å². The van der Waals surface area contributed by atoms with Crippen LogP contribution in [0.25, 0.3) is 11.3 Å². The van der Waals surface area contributed by atoms with Gasteiger partial charge in [0.2, 0.25) is 0 Å². The predicted octanol–water partition coefficient (Wildman–Crippen LogP) is 5.26. The second-order valence-electron chi connectivity index (χ2n) is 11.1. The zero-order valence-corrected chi connectivity index (χ0v) is 25.3. The number of hydrogen-bond acceptors (Lipinski definition) is 9. The molecule has 230 valence electrons. The van der Waals surface area contributed by atoms with E-state index in [1.165, 1.54) is 5.56 Å². The summed E-state index contributed by atoms with van der Waals surface area (Å²) in [6.07, 6.45) is 10.5. The van der Waals surface area contributed by atoms with Crippen LogP contribution in [0.1, 0.15) is 42.6 Å². The molecule has 0 saturated carbocycles. The number of nitrogens with one attached hydrogen (secondary N) is 2. The second kappa shape index (κ2) is 15.8. The van der Waals surface area contributed by atoms with Crippen molar-refractivity contribution in [1.82, 2.24) is 24.8 Å². The third-order valence-electron chi connectivity index (χ3n) is 7.75. The molecule has 0 fully saturated rings. The van der Waals surface area contributed by atoms with E-state index in [0.717, 1.165) is 79.4 Å². The minimum absolute atomic E-state index is 0.404. The Kier molecular flexibility index (Phi) is 11.1. The van der Waals surface area contributed by atoms with Gasteiger partial charge in [0.15, 0.2) is 0 Å². The summed E-state index contributed by atoms with van der Waals surface area (Å²) in [6.45, 7) is 5.51. The molecule has 1 aromatic carbocycles. The van der Waals surface area contributed by atoms with Crippen molar-refractivity contribution in [1.29, 1.82) is 0 Å². The van der Waals surface area contributed by atoms with Crippen LogP contribution in [0.15, 0.2) is 73.2 Å². The van der Waals surface area contributed by atoms with Crippen LogP contribution in [0, 0.1) is 6.92 Å². The van der Waals surface area contributed by atoms with Crippen LogP contribution in [-0.2, 0) is 17.6 Å². The summed E-state index contributed by atoms with van der Waals surface area (Å²) in [5.74, 6) is 1.27. The van der Waals surface area contributed by atoms with Crippen molar-refractivity contribution < 1.29 is 14.6 Å². The smallest absolute Gasteiger partial charge is 0.326 e. The summed E-state index contributed by atoms with van der Waals surface area (Å²) in [5.41, 5.74) is 5.04. The molecule has 0 saturated heterocycles. The van der Waals surface area contributed by atoms with E-state index in [9.17, 15) is 9.90 Å². The normalized spacial score (nSPS) is 13.1. The van der Waals surface area contributed by atoms with Crippen molar-refractivity contribution in [2.45, 2.75) is 51.5 Å². The third kappa shape index (κ3) is 9.21. The summed E-state index contributed by atoms with van der Waals surface area (Å²) in [4.78, 5) is 32.5. The van der Waals surface area contributed by atoms with Gasteiger partial charge >= 0.3 is 5.97 Å². The molecule has 1 unspecified atom stereocenters. The number of hydrogen-bond donors (Lipinski definition) is 3.